The molecule has 3 aromatic carbocycles. The number of aliphatic hydroxyl groups is 4. The highest BCUT2D eigenvalue weighted by Crippen LogP contribution is 2.32. The van der Waals surface area contributed by atoms with Gasteiger partial charge in [0.25, 0.3) is 0 Å². The molecule has 49 heavy (non-hydrogen) atoms. The van der Waals surface area contributed by atoms with Gasteiger partial charge in [0.05, 0.1) is 48.9 Å². The standard InChI is InChI=1S/C35H42BN5O8/c1-39-14-16-41(17-15-39)19-30(46)40(2)25-11-9-24(10-12-25)37-32(22-6-4-3-5-7-22)31-26-13-8-23(18-27(26)38-35(31)47)36-48-33(28(44)20-42)34(49-36)29(45)21-43/h3-13,18,28-29,33-34,38,42-45,47H,14-17,19-21H2,1-2H3/t28-,29-,33-,34+/m1/s1. The molecule has 6 N–H and O–H groups in total. The van der Waals surface area contributed by atoms with Crippen molar-refractivity contribution >= 4 is 46.5 Å². The van der Waals surface area contributed by atoms with Crippen LogP contribution < -0.4 is 10.4 Å². The Balaban J connectivity index is 1.27. The fourth-order valence-corrected chi connectivity index (χ4v) is 6.23. The third-order valence-corrected chi connectivity index (χ3v) is 9.18. The summed E-state index contributed by atoms with van der Waals surface area (Å²) in [6, 6.07) is 22.1. The maximum absolute atomic E-state index is 13.0. The van der Waals surface area contributed by atoms with E-state index in [-0.39, 0.29) is 11.8 Å². The number of fused-ring (bicyclic) bond motifs is 1. The van der Waals surface area contributed by atoms with Crippen molar-refractivity contribution in [3.05, 3.63) is 83.9 Å². The van der Waals surface area contributed by atoms with Crippen molar-refractivity contribution in [2.75, 3.05) is 64.9 Å². The van der Waals surface area contributed by atoms with E-state index in [4.69, 9.17) is 14.3 Å². The van der Waals surface area contributed by atoms with Crippen LogP contribution in [0.1, 0.15) is 11.1 Å². The molecule has 0 radical (unpaired) electrons. The number of carbonyl (C=O) groups excluding carboxylic acids is 1. The van der Waals surface area contributed by atoms with E-state index in [1.807, 2.05) is 54.6 Å². The minimum Gasteiger partial charge on any atom is -0.494 e. The lowest BCUT2D eigenvalue weighted by Crippen LogP contribution is -2.48. The highest BCUT2D eigenvalue weighted by Gasteiger charge is 2.47. The molecule has 0 aliphatic carbocycles. The number of benzene rings is 3. The van der Waals surface area contributed by atoms with Crippen molar-refractivity contribution in [1.82, 2.24) is 14.8 Å². The number of aromatic amines is 1. The van der Waals surface area contributed by atoms with Crippen molar-refractivity contribution in [1.29, 1.82) is 0 Å². The lowest BCUT2D eigenvalue weighted by molar-refractivity contribution is -0.119. The smallest absolute Gasteiger partial charge is 0.494 e. The molecule has 2 fully saturated rings. The van der Waals surface area contributed by atoms with Gasteiger partial charge in [-0.15, -0.1) is 0 Å². The van der Waals surface area contributed by atoms with Crippen LogP contribution in [-0.2, 0) is 14.1 Å². The predicted molar refractivity (Wildman–Crippen MR) is 187 cm³/mol. The Morgan fingerprint density at radius 2 is 1.59 bits per heavy atom. The molecule has 1 amide bonds. The summed E-state index contributed by atoms with van der Waals surface area (Å²) in [7, 11) is 2.85. The molecule has 13 nitrogen and oxygen atoms in total. The second-order valence-electron chi connectivity index (χ2n) is 12.6. The summed E-state index contributed by atoms with van der Waals surface area (Å²) in [5.74, 6) is -0.0847. The first-order valence-electron chi connectivity index (χ1n) is 16.3. The Morgan fingerprint density at radius 3 is 2.20 bits per heavy atom. The Morgan fingerprint density at radius 1 is 0.959 bits per heavy atom. The zero-order chi connectivity index (χ0) is 34.7. The van der Waals surface area contributed by atoms with Gasteiger partial charge in [-0.1, -0.05) is 42.5 Å². The van der Waals surface area contributed by atoms with E-state index in [2.05, 4.69) is 21.8 Å². The van der Waals surface area contributed by atoms with E-state index >= 15 is 0 Å². The molecule has 2 aliphatic heterocycles. The fraction of sp³-hybridized carbons (Fsp3) is 0.371. The van der Waals surface area contributed by atoms with E-state index in [0.717, 1.165) is 37.4 Å². The van der Waals surface area contributed by atoms with E-state index < -0.39 is 44.7 Å². The van der Waals surface area contributed by atoms with Crippen molar-refractivity contribution in [3.8, 4) is 5.88 Å². The molecule has 0 spiro atoms. The normalized spacial score (nSPS) is 20.5. The molecule has 0 unspecified atom stereocenters. The van der Waals surface area contributed by atoms with Crippen LogP contribution in [0.2, 0.25) is 0 Å². The van der Waals surface area contributed by atoms with E-state index in [0.29, 0.717) is 39.9 Å². The second-order valence-corrected chi connectivity index (χ2v) is 12.6. The molecule has 2 aliphatic rings. The van der Waals surface area contributed by atoms with Crippen molar-refractivity contribution in [3.63, 3.8) is 0 Å². The maximum Gasteiger partial charge on any atom is 0.494 e. The number of anilines is 1. The van der Waals surface area contributed by atoms with E-state index in [9.17, 15) is 30.3 Å². The zero-order valence-corrected chi connectivity index (χ0v) is 27.5. The number of piperazine rings is 1. The summed E-state index contributed by atoms with van der Waals surface area (Å²) in [4.78, 5) is 27.1. The number of H-pyrrole nitrogens is 1. The largest absolute Gasteiger partial charge is 0.494 e. The summed E-state index contributed by atoms with van der Waals surface area (Å²) in [5, 5.41) is 51.4. The number of aromatic nitrogens is 1. The second kappa shape index (κ2) is 15.2. The van der Waals surface area contributed by atoms with Crippen LogP contribution in [0.25, 0.3) is 10.9 Å². The molecular formula is C35H42BN5O8. The van der Waals surface area contributed by atoms with Crippen molar-refractivity contribution in [2.24, 2.45) is 4.99 Å². The summed E-state index contributed by atoms with van der Waals surface area (Å²) >= 11 is 0. The summed E-state index contributed by atoms with van der Waals surface area (Å²) < 4.78 is 11.7. The zero-order valence-electron chi connectivity index (χ0n) is 27.5. The number of aliphatic imine (C=N–C) groups is 1. The third kappa shape index (κ3) is 7.56. The lowest BCUT2D eigenvalue weighted by Gasteiger charge is -2.32. The molecule has 14 heteroatoms. The highest BCUT2D eigenvalue weighted by atomic mass is 16.7. The van der Waals surface area contributed by atoms with Crippen LogP contribution in [-0.4, -0.2) is 144 Å². The van der Waals surface area contributed by atoms with Crippen LogP contribution in [0.3, 0.4) is 0 Å². The molecule has 6 rings (SSSR count). The molecule has 2 saturated heterocycles. The first kappa shape index (κ1) is 34.7. The van der Waals surface area contributed by atoms with Gasteiger partial charge in [0.1, 0.15) is 12.2 Å². The number of carbonyl (C=O) groups is 1. The number of likely N-dealkylation sites (N-methyl/N-ethyl adjacent to an activating group) is 2. The molecule has 258 valence electrons. The van der Waals surface area contributed by atoms with Crippen LogP contribution in [0.4, 0.5) is 11.4 Å². The third-order valence-electron chi connectivity index (χ3n) is 9.18. The van der Waals surface area contributed by atoms with Gasteiger partial charge in [-0.05, 0) is 42.8 Å². The van der Waals surface area contributed by atoms with Crippen molar-refractivity contribution in [2.45, 2.75) is 24.4 Å². The quantitative estimate of drug-likeness (QED) is 0.0970. The molecule has 0 saturated carbocycles. The van der Waals surface area contributed by atoms with Gasteiger partial charge in [0, 0.05) is 55.4 Å². The van der Waals surface area contributed by atoms with Gasteiger partial charge < -0.3 is 49.6 Å². The molecule has 1 aromatic heterocycles. The summed E-state index contributed by atoms with van der Waals surface area (Å²) in [6.07, 6.45) is -4.80. The predicted octanol–water partition coefficient (Wildman–Crippen LogP) is 0.438. The number of amides is 1. The van der Waals surface area contributed by atoms with Crippen LogP contribution in [0.5, 0.6) is 5.88 Å². The van der Waals surface area contributed by atoms with Gasteiger partial charge in [0.2, 0.25) is 5.91 Å². The average molecular weight is 672 g/mol. The fourth-order valence-electron chi connectivity index (χ4n) is 6.23. The number of hydrogen-bond donors (Lipinski definition) is 6. The molecule has 3 heterocycles. The number of nitrogens with one attached hydrogen (secondary N) is 1. The minimum atomic E-state index is -1.33. The van der Waals surface area contributed by atoms with E-state index in [1.165, 1.54) is 0 Å². The maximum atomic E-state index is 13.0. The average Bonchev–Trinajstić information content (AvgIpc) is 3.72. The van der Waals surface area contributed by atoms with Crippen LogP contribution in [0, 0.1) is 0 Å². The number of aliphatic hydroxyl groups excluding tert-OH is 4. The molecular weight excluding hydrogens is 629 g/mol. The first-order valence-corrected chi connectivity index (χ1v) is 16.3. The lowest BCUT2D eigenvalue weighted by atomic mass is 9.79. The first-order chi connectivity index (χ1) is 23.7. The number of aromatic hydroxyl groups is 1. The summed E-state index contributed by atoms with van der Waals surface area (Å²) in [5.41, 5.74) is 4.24. The van der Waals surface area contributed by atoms with Crippen molar-refractivity contribution < 1.29 is 39.6 Å². The SMILES string of the molecule is CN1CCN(CC(=O)N(C)c2ccc(N=C(c3ccccc3)c3c(O)[nH]c4cc(B5O[C@@H]([C@H](O)CO)[C@@H]([C@H](O)CO)O5)ccc34)cc2)CC1. The summed E-state index contributed by atoms with van der Waals surface area (Å²) in [6.45, 7) is 2.74. The van der Waals surface area contributed by atoms with Gasteiger partial charge in [-0.3, -0.25) is 9.69 Å². The van der Waals surface area contributed by atoms with Gasteiger partial charge >= 0.3 is 7.12 Å². The topological polar surface area (TPSA) is 175 Å². The van der Waals surface area contributed by atoms with E-state index in [1.54, 1.807) is 30.1 Å². The Labute approximate surface area is 284 Å². The number of rotatable bonds is 11. The minimum absolute atomic E-state index is 0.0162. The molecule has 4 aromatic rings. The number of nitrogens with zero attached hydrogens (tertiary/aromatic N) is 4. The Hall–Kier alpha value is -4.12. The Kier molecular flexibility index (Phi) is 10.8. The van der Waals surface area contributed by atoms with Gasteiger partial charge in [-0.25, -0.2) is 4.99 Å². The van der Waals surface area contributed by atoms with Gasteiger partial charge in [-0.2, -0.15) is 0 Å². The molecule has 0 bridgehead atoms. The highest BCUT2D eigenvalue weighted by molar-refractivity contribution is 6.62. The Bertz CT molecular complexity index is 1750. The molecule has 4 atom stereocenters. The number of hydrogen-bond acceptors (Lipinski definition) is 11. The van der Waals surface area contributed by atoms with Crippen LogP contribution >= 0.6 is 0 Å². The monoisotopic (exact) mass is 671 g/mol. The van der Waals surface area contributed by atoms with Gasteiger partial charge in [0.15, 0.2) is 5.88 Å². The van der Waals surface area contributed by atoms with Crippen LogP contribution in [0.15, 0.2) is 77.8 Å².